The highest BCUT2D eigenvalue weighted by atomic mass is 16.5. The van der Waals surface area contributed by atoms with Gasteiger partial charge in [-0.2, -0.15) is 0 Å². The lowest BCUT2D eigenvalue weighted by Crippen LogP contribution is -2.33. The van der Waals surface area contributed by atoms with Gasteiger partial charge in [-0.05, 0) is 56.3 Å². The molecule has 1 aromatic heterocycles. The maximum Gasteiger partial charge on any atom is 0.262 e. The van der Waals surface area contributed by atoms with Gasteiger partial charge in [0.1, 0.15) is 0 Å². The number of nitrogens with one attached hydrogen (secondary N) is 1. The van der Waals surface area contributed by atoms with E-state index in [1.165, 1.54) is 0 Å². The van der Waals surface area contributed by atoms with Gasteiger partial charge in [0.15, 0.2) is 0 Å². The van der Waals surface area contributed by atoms with Crippen molar-refractivity contribution < 1.29 is 9.53 Å². The molecule has 33 heavy (non-hydrogen) atoms. The van der Waals surface area contributed by atoms with Crippen molar-refractivity contribution >= 4 is 17.3 Å². The zero-order chi connectivity index (χ0) is 23.6. The summed E-state index contributed by atoms with van der Waals surface area (Å²) < 4.78 is 6.33. The number of hydrogen-bond donors (Lipinski definition) is 1. The largest absolute Gasteiger partial charge is 0.372 e. The predicted octanol–water partition coefficient (Wildman–Crippen LogP) is 4.36. The van der Waals surface area contributed by atoms with Crippen LogP contribution < -0.4 is 15.1 Å². The van der Waals surface area contributed by atoms with Crippen molar-refractivity contribution in [3.63, 3.8) is 0 Å². The summed E-state index contributed by atoms with van der Waals surface area (Å²) in [5.74, 6) is -0.0295. The Balaban J connectivity index is 1.78. The number of allylic oxidation sites excluding steroid dienone is 3. The van der Waals surface area contributed by atoms with E-state index in [0.717, 1.165) is 42.0 Å². The van der Waals surface area contributed by atoms with Gasteiger partial charge in [-0.15, -0.1) is 0 Å². The minimum Gasteiger partial charge on any atom is -0.372 e. The smallest absolute Gasteiger partial charge is 0.262 e. The van der Waals surface area contributed by atoms with Crippen LogP contribution in [0.2, 0.25) is 0 Å². The maximum absolute atomic E-state index is 13.3. The van der Waals surface area contributed by atoms with Crippen molar-refractivity contribution in [1.82, 2.24) is 10.3 Å². The monoisotopic (exact) mass is 446 g/mol. The van der Waals surface area contributed by atoms with Gasteiger partial charge in [-0.1, -0.05) is 43.0 Å². The van der Waals surface area contributed by atoms with E-state index in [9.17, 15) is 4.79 Å². The number of pyridine rings is 1. The molecule has 174 valence electrons. The van der Waals surface area contributed by atoms with E-state index in [-0.39, 0.29) is 12.0 Å². The number of carbonyl (C=O) groups is 1. The summed E-state index contributed by atoms with van der Waals surface area (Å²) in [5, 5.41) is 3.20. The van der Waals surface area contributed by atoms with E-state index in [1.807, 2.05) is 68.4 Å². The van der Waals surface area contributed by atoms with Gasteiger partial charge < -0.3 is 19.9 Å². The van der Waals surface area contributed by atoms with Gasteiger partial charge in [0.05, 0.1) is 24.0 Å². The van der Waals surface area contributed by atoms with Crippen LogP contribution in [0.5, 0.6) is 0 Å². The van der Waals surface area contributed by atoms with Gasteiger partial charge in [0, 0.05) is 38.2 Å². The van der Waals surface area contributed by atoms with Crippen LogP contribution in [0.4, 0.5) is 11.4 Å². The number of ether oxygens (including phenoxy) is 1. The van der Waals surface area contributed by atoms with E-state index in [1.54, 1.807) is 18.5 Å². The quantitative estimate of drug-likeness (QED) is 0.550. The Labute approximate surface area is 197 Å². The maximum atomic E-state index is 13.3. The van der Waals surface area contributed by atoms with E-state index < -0.39 is 0 Å². The van der Waals surface area contributed by atoms with Crippen LogP contribution in [0.3, 0.4) is 0 Å². The third-order valence-corrected chi connectivity index (χ3v) is 5.80. The molecule has 2 aromatic rings. The lowest BCUT2D eigenvalue weighted by molar-refractivity contribution is 0.0614. The lowest BCUT2D eigenvalue weighted by atomic mass is 10.1. The third kappa shape index (κ3) is 6.18. The van der Waals surface area contributed by atoms with Crippen molar-refractivity contribution in [2.45, 2.75) is 26.1 Å². The fourth-order valence-electron chi connectivity index (χ4n) is 3.95. The Morgan fingerprint density at radius 3 is 2.94 bits per heavy atom. The second-order valence-corrected chi connectivity index (χ2v) is 8.02. The summed E-state index contributed by atoms with van der Waals surface area (Å²) in [7, 11) is 3.95. The summed E-state index contributed by atoms with van der Waals surface area (Å²) in [6.07, 6.45) is 12.0. The molecule has 1 amide bonds. The van der Waals surface area contributed by atoms with Crippen molar-refractivity contribution in [2.75, 3.05) is 43.5 Å². The first-order valence-corrected chi connectivity index (χ1v) is 11.4. The highest BCUT2D eigenvalue weighted by Gasteiger charge is 2.26. The average Bonchev–Trinajstić information content (AvgIpc) is 2.97. The molecule has 0 fully saturated rings. The van der Waals surface area contributed by atoms with Gasteiger partial charge in [0.2, 0.25) is 0 Å². The van der Waals surface area contributed by atoms with Crippen molar-refractivity contribution in [3.05, 3.63) is 90.3 Å². The van der Waals surface area contributed by atoms with E-state index in [4.69, 9.17) is 4.74 Å². The zero-order valence-corrected chi connectivity index (χ0v) is 19.8. The molecule has 1 aromatic carbocycles. The first kappa shape index (κ1) is 24.4. The first-order chi connectivity index (χ1) is 16.1. The molecule has 0 spiro atoms. The van der Waals surface area contributed by atoms with E-state index in [0.29, 0.717) is 18.7 Å². The number of benzene rings is 1. The number of likely N-dealkylation sites (N-methyl/N-ethyl adjacent to an activating group) is 1. The number of fused-ring (bicyclic) bond motifs is 1. The summed E-state index contributed by atoms with van der Waals surface area (Å²) in [5.41, 5.74) is 4.56. The van der Waals surface area contributed by atoms with Crippen LogP contribution in [-0.2, 0) is 11.3 Å². The van der Waals surface area contributed by atoms with Gasteiger partial charge in [-0.25, -0.2) is 0 Å². The molecule has 1 unspecified atom stereocenters. The van der Waals surface area contributed by atoms with Gasteiger partial charge >= 0.3 is 0 Å². The number of rotatable bonds is 10. The molecule has 0 aliphatic carbocycles. The predicted molar refractivity (Wildman–Crippen MR) is 136 cm³/mol. The van der Waals surface area contributed by atoms with Crippen molar-refractivity contribution in [2.24, 2.45) is 0 Å². The Bertz CT molecular complexity index is 1010. The Morgan fingerprint density at radius 1 is 1.33 bits per heavy atom. The lowest BCUT2D eigenvalue weighted by Gasteiger charge is -2.23. The summed E-state index contributed by atoms with van der Waals surface area (Å²) in [4.78, 5) is 21.4. The number of anilines is 2. The topological polar surface area (TPSA) is 57.7 Å². The van der Waals surface area contributed by atoms with Gasteiger partial charge in [-0.3, -0.25) is 9.78 Å². The molecule has 1 aliphatic rings. The Hall–Kier alpha value is -3.22. The SMILES string of the molecule is C=C/C=C\C(=C/C)C(CCNC)OCc1cccc(N2CCN(C)c3ccncc3C2=O)c1. The third-order valence-electron chi connectivity index (χ3n) is 5.80. The summed E-state index contributed by atoms with van der Waals surface area (Å²) in [6.45, 7) is 8.45. The molecule has 0 bridgehead atoms. The van der Waals surface area contributed by atoms with Crippen LogP contribution in [0.15, 0.2) is 79.2 Å². The first-order valence-electron chi connectivity index (χ1n) is 11.4. The molecule has 1 N–H and O–H groups in total. The molecule has 0 saturated heterocycles. The highest BCUT2D eigenvalue weighted by molar-refractivity contribution is 6.10. The van der Waals surface area contributed by atoms with Crippen molar-refractivity contribution in [1.29, 1.82) is 0 Å². The molecule has 2 heterocycles. The number of hydrogen-bond acceptors (Lipinski definition) is 5. The standard InChI is InChI=1S/C27H34N4O2/c1-5-7-10-22(6-2)26(13-14-28-3)33-20-21-9-8-11-23(18-21)31-17-16-30(4)25-12-15-29-19-24(25)27(31)32/h5-12,15,18-19,26,28H,1,13-14,16-17,20H2,2-4H3/b10-7-,22-6+. The zero-order valence-electron chi connectivity index (χ0n) is 19.8. The normalized spacial score (nSPS) is 15.5. The number of nitrogens with zero attached hydrogens (tertiary/aromatic N) is 3. The number of amides is 1. The minimum absolute atomic E-state index is 0.0295. The van der Waals surface area contributed by atoms with Crippen LogP contribution in [0, 0.1) is 0 Å². The summed E-state index contributed by atoms with van der Waals surface area (Å²) >= 11 is 0. The van der Waals surface area contributed by atoms with Crippen LogP contribution in [0.1, 0.15) is 29.3 Å². The van der Waals surface area contributed by atoms with Crippen LogP contribution >= 0.6 is 0 Å². The molecular formula is C27H34N4O2. The molecule has 6 heteroatoms. The minimum atomic E-state index is -0.0336. The highest BCUT2D eigenvalue weighted by Crippen LogP contribution is 2.27. The Kier molecular flexibility index (Phi) is 8.98. The molecular weight excluding hydrogens is 412 g/mol. The molecule has 1 atom stereocenters. The fraction of sp³-hybridized carbons (Fsp3) is 0.333. The second-order valence-electron chi connectivity index (χ2n) is 8.02. The molecule has 1 aliphatic heterocycles. The molecule has 6 nitrogen and oxygen atoms in total. The van der Waals surface area contributed by atoms with Gasteiger partial charge in [0.25, 0.3) is 5.91 Å². The van der Waals surface area contributed by atoms with E-state index in [2.05, 4.69) is 27.9 Å². The summed E-state index contributed by atoms with van der Waals surface area (Å²) in [6, 6.07) is 9.94. The Morgan fingerprint density at radius 2 is 2.18 bits per heavy atom. The van der Waals surface area contributed by atoms with Crippen LogP contribution in [-0.4, -0.2) is 50.7 Å². The second kappa shape index (κ2) is 12.1. The van der Waals surface area contributed by atoms with Crippen LogP contribution in [0.25, 0.3) is 0 Å². The van der Waals surface area contributed by atoms with E-state index >= 15 is 0 Å². The molecule has 0 saturated carbocycles. The molecule has 3 rings (SSSR count). The van der Waals surface area contributed by atoms with Crippen molar-refractivity contribution in [3.8, 4) is 0 Å². The number of carbonyl (C=O) groups excluding carboxylic acids is 1. The average molecular weight is 447 g/mol. The fourth-order valence-corrected chi connectivity index (χ4v) is 3.95. The number of aromatic nitrogens is 1. The molecule has 0 radical (unpaired) electrons.